The van der Waals surface area contributed by atoms with Gasteiger partial charge in [-0.15, -0.1) is 11.3 Å². The van der Waals surface area contributed by atoms with E-state index < -0.39 is 0 Å². The Bertz CT molecular complexity index is 3110. The summed E-state index contributed by atoms with van der Waals surface area (Å²) < 4.78 is 1.35. The lowest BCUT2D eigenvalue weighted by Gasteiger charge is -2.31. The van der Waals surface area contributed by atoms with E-state index in [4.69, 9.17) is 0 Å². The molecule has 1 heterocycles. The molecule has 0 atom stereocenters. The van der Waals surface area contributed by atoms with Crippen LogP contribution in [0.4, 0.5) is 17.1 Å². The van der Waals surface area contributed by atoms with E-state index in [1.165, 1.54) is 92.3 Å². The summed E-state index contributed by atoms with van der Waals surface area (Å²) in [5, 5.41) is 6.36. The summed E-state index contributed by atoms with van der Waals surface area (Å²) in [6.07, 6.45) is 0. The molecular formula is C53H33NS. The van der Waals surface area contributed by atoms with E-state index >= 15 is 0 Å². The summed E-state index contributed by atoms with van der Waals surface area (Å²) in [5.74, 6) is 0. The lowest BCUT2D eigenvalue weighted by atomic mass is 9.70. The average Bonchev–Trinajstić information content (AvgIpc) is 3.88. The maximum absolute atomic E-state index is 2.50. The molecule has 0 unspecified atom stereocenters. The van der Waals surface area contributed by atoms with Gasteiger partial charge in [-0.1, -0.05) is 158 Å². The van der Waals surface area contributed by atoms with E-state index in [1.807, 2.05) is 11.3 Å². The van der Waals surface area contributed by atoms with Gasteiger partial charge in [0.05, 0.1) is 11.1 Å². The van der Waals surface area contributed by atoms with Crippen LogP contribution in [-0.2, 0) is 5.41 Å². The van der Waals surface area contributed by atoms with Crippen molar-refractivity contribution in [1.29, 1.82) is 0 Å². The van der Waals surface area contributed by atoms with Crippen LogP contribution < -0.4 is 4.90 Å². The molecule has 10 aromatic rings. The van der Waals surface area contributed by atoms with Crippen molar-refractivity contribution in [3.63, 3.8) is 0 Å². The van der Waals surface area contributed by atoms with Gasteiger partial charge in [0.15, 0.2) is 0 Å². The number of nitrogens with zero attached hydrogens (tertiary/aromatic N) is 1. The smallest absolute Gasteiger partial charge is 0.0740 e. The molecule has 2 heteroatoms. The molecule has 0 saturated heterocycles. The molecule has 2 aliphatic rings. The van der Waals surface area contributed by atoms with Gasteiger partial charge in [-0.2, -0.15) is 0 Å². The van der Waals surface area contributed by atoms with Gasteiger partial charge in [-0.25, -0.2) is 0 Å². The quantitative estimate of drug-likeness (QED) is 0.164. The Morgan fingerprint density at radius 1 is 0.382 bits per heavy atom. The van der Waals surface area contributed by atoms with Gasteiger partial charge in [0.1, 0.15) is 0 Å². The first-order valence-electron chi connectivity index (χ1n) is 19.0. The molecule has 0 N–H and O–H groups in total. The lowest BCUT2D eigenvalue weighted by molar-refractivity contribution is 0.803. The first-order valence-corrected chi connectivity index (χ1v) is 19.8. The molecule has 0 saturated carbocycles. The largest absolute Gasteiger partial charge is 0.310 e. The number of fused-ring (bicyclic) bond motifs is 15. The number of hydrogen-bond acceptors (Lipinski definition) is 2. The van der Waals surface area contributed by atoms with Crippen molar-refractivity contribution in [1.82, 2.24) is 0 Å². The van der Waals surface area contributed by atoms with Gasteiger partial charge in [-0.05, 0) is 114 Å². The van der Waals surface area contributed by atoms with E-state index in [1.54, 1.807) is 0 Å². The molecule has 1 spiro atoms. The van der Waals surface area contributed by atoms with Crippen molar-refractivity contribution in [2.75, 3.05) is 4.90 Å². The van der Waals surface area contributed by atoms with Gasteiger partial charge >= 0.3 is 0 Å². The van der Waals surface area contributed by atoms with Crippen LogP contribution in [0.3, 0.4) is 0 Å². The molecule has 0 aliphatic heterocycles. The van der Waals surface area contributed by atoms with E-state index in [-0.39, 0.29) is 5.41 Å². The second-order valence-corrected chi connectivity index (χ2v) is 15.8. The fraction of sp³-hybridized carbons (Fsp3) is 0.0189. The van der Waals surface area contributed by atoms with E-state index in [2.05, 4.69) is 205 Å². The van der Waals surface area contributed by atoms with Crippen LogP contribution in [0.1, 0.15) is 22.3 Å². The molecule has 0 fully saturated rings. The van der Waals surface area contributed by atoms with Gasteiger partial charge in [0.25, 0.3) is 0 Å². The fourth-order valence-corrected chi connectivity index (χ4v) is 11.1. The van der Waals surface area contributed by atoms with E-state index in [0.29, 0.717) is 0 Å². The number of thiophene rings is 1. The highest BCUT2D eigenvalue weighted by Gasteiger charge is 2.53. The van der Waals surface area contributed by atoms with E-state index in [9.17, 15) is 0 Å². The summed E-state index contributed by atoms with van der Waals surface area (Å²) >= 11 is 1.94. The first-order chi connectivity index (χ1) is 27.3. The molecular weight excluding hydrogens is 683 g/mol. The Morgan fingerprint density at radius 2 is 0.964 bits per heavy atom. The second-order valence-electron chi connectivity index (χ2n) is 14.8. The third kappa shape index (κ3) is 4.23. The Balaban J connectivity index is 1.04. The van der Waals surface area contributed by atoms with Crippen molar-refractivity contribution >= 4 is 60.0 Å². The molecule has 0 amide bonds. The number of para-hydroxylation sites is 1. The predicted molar refractivity (Wildman–Crippen MR) is 233 cm³/mol. The molecule has 1 aromatic heterocycles. The standard InChI is InChI=1S/C53H33NS/c1-2-15-37(16-3-1)54(49-33-36-14-4-5-17-39(36)40-18-6-7-21-43(40)49)38-29-26-34(27-30-38)35-28-31-44-48(32-35)53(51-45-22-10-13-25-50(45)55-52(44)51)46-23-11-8-19-41(46)42-20-9-12-24-47(42)53/h1-33H. The average molecular weight is 716 g/mol. The molecule has 12 rings (SSSR count). The summed E-state index contributed by atoms with van der Waals surface area (Å²) in [6, 6.07) is 74.2. The number of hydrogen-bond donors (Lipinski definition) is 0. The van der Waals surface area contributed by atoms with Gasteiger partial charge in [0, 0.05) is 26.3 Å². The monoisotopic (exact) mass is 715 g/mol. The van der Waals surface area contributed by atoms with Crippen molar-refractivity contribution in [3.8, 4) is 32.7 Å². The van der Waals surface area contributed by atoms with Crippen LogP contribution >= 0.6 is 11.3 Å². The Kier molecular flexibility index (Phi) is 6.49. The van der Waals surface area contributed by atoms with Crippen LogP contribution in [0.2, 0.25) is 0 Å². The highest BCUT2D eigenvalue weighted by molar-refractivity contribution is 7.22. The maximum Gasteiger partial charge on any atom is 0.0740 e. The fourth-order valence-electron chi connectivity index (χ4n) is 9.80. The van der Waals surface area contributed by atoms with Crippen LogP contribution in [-0.4, -0.2) is 0 Å². The molecule has 0 bridgehead atoms. The molecule has 1 nitrogen and oxygen atoms in total. The number of benzene rings is 9. The van der Waals surface area contributed by atoms with Crippen LogP contribution in [0.25, 0.3) is 64.3 Å². The minimum atomic E-state index is -0.380. The molecule has 9 aromatic carbocycles. The minimum absolute atomic E-state index is 0.380. The number of anilines is 3. The van der Waals surface area contributed by atoms with Crippen LogP contribution in [0, 0.1) is 0 Å². The van der Waals surface area contributed by atoms with Gasteiger partial charge in [0.2, 0.25) is 0 Å². The molecule has 55 heavy (non-hydrogen) atoms. The topological polar surface area (TPSA) is 3.24 Å². The third-order valence-electron chi connectivity index (χ3n) is 12.1. The molecule has 0 radical (unpaired) electrons. The van der Waals surface area contributed by atoms with Crippen molar-refractivity contribution in [2.24, 2.45) is 0 Å². The molecule has 256 valence electrons. The van der Waals surface area contributed by atoms with Gasteiger partial charge in [-0.3, -0.25) is 0 Å². The summed E-state index contributed by atoms with van der Waals surface area (Å²) in [5.41, 5.74) is 15.1. The maximum atomic E-state index is 2.50. The molecule has 2 aliphatic carbocycles. The van der Waals surface area contributed by atoms with Crippen LogP contribution in [0.5, 0.6) is 0 Å². The zero-order valence-electron chi connectivity index (χ0n) is 29.9. The Morgan fingerprint density at radius 3 is 1.73 bits per heavy atom. The van der Waals surface area contributed by atoms with Gasteiger partial charge < -0.3 is 4.90 Å². The van der Waals surface area contributed by atoms with Crippen molar-refractivity contribution in [2.45, 2.75) is 5.41 Å². The Hall–Kier alpha value is -6.74. The third-order valence-corrected chi connectivity index (χ3v) is 13.3. The highest BCUT2D eigenvalue weighted by Crippen LogP contribution is 2.66. The predicted octanol–water partition coefficient (Wildman–Crippen LogP) is 14.7. The summed E-state index contributed by atoms with van der Waals surface area (Å²) in [6.45, 7) is 0. The second kappa shape index (κ2) is 11.6. The number of rotatable bonds is 4. The zero-order chi connectivity index (χ0) is 36.1. The minimum Gasteiger partial charge on any atom is -0.310 e. The zero-order valence-corrected chi connectivity index (χ0v) is 30.7. The van der Waals surface area contributed by atoms with Crippen LogP contribution in [0.15, 0.2) is 200 Å². The lowest BCUT2D eigenvalue weighted by Crippen LogP contribution is -2.25. The Labute approximate surface area is 324 Å². The first kappa shape index (κ1) is 30.7. The van der Waals surface area contributed by atoms with Crippen molar-refractivity contribution < 1.29 is 0 Å². The van der Waals surface area contributed by atoms with E-state index in [0.717, 1.165) is 11.4 Å². The SMILES string of the molecule is c1ccc(N(c2ccc(-c3ccc4c(c3)C3(c5ccccc5-c5ccccc53)c3c-4sc4ccccc34)cc2)c2cc3ccccc3c3ccccc23)cc1. The highest BCUT2D eigenvalue weighted by atomic mass is 32.1. The normalized spacial score (nSPS) is 13.2. The summed E-state index contributed by atoms with van der Waals surface area (Å²) in [7, 11) is 0. The summed E-state index contributed by atoms with van der Waals surface area (Å²) in [4.78, 5) is 3.80. The van der Waals surface area contributed by atoms with Crippen molar-refractivity contribution in [3.05, 3.63) is 222 Å².